The summed E-state index contributed by atoms with van der Waals surface area (Å²) in [6, 6.07) is 16.1. The SMILES string of the molecule is O=C(C1CN(S(=O)(=O)Cc2ccccc2)c2ccccc2O1)N1CCCCC1. The first-order valence-corrected chi connectivity index (χ1v) is 11.2. The average molecular weight is 401 g/mol. The number of hydrogen-bond acceptors (Lipinski definition) is 4. The van der Waals surface area contributed by atoms with Gasteiger partial charge < -0.3 is 9.64 Å². The van der Waals surface area contributed by atoms with Crippen molar-refractivity contribution < 1.29 is 17.9 Å². The van der Waals surface area contributed by atoms with Crippen molar-refractivity contribution in [3.8, 4) is 5.75 Å². The monoisotopic (exact) mass is 400 g/mol. The molecule has 0 N–H and O–H groups in total. The van der Waals surface area contributed by atoms with E-state index in [1.165, 1.54) is 4.31 Å². The molecule has 2 aromatic rings. The van der Waals surface area contributed by atoms with Crippen molar-refractivity contribution in [1.82, 2.24) is 4.90 Å². The summed E-state index contributed by atoms with van der Waals surface area (Å²) in [4.78, 5) is 14.8. The van der Waals surface area contributed by atoms with Crippen molar-refractivity contribution in [2.24, 2.45) is 0 Å². The van der Waals surface area contributed by atoms with Crippen molar-refractivity contribution in [3.05, 3.63) is 60.2 Å². The quantitative estimate of drug-likeness (QED) is 0.792. The summed E-state index contributed by atoms with van der Waals surface area (Å²) in [7, 11) is -3.66. The maximum absolute atomic E-state index is 13.2. The number of carbonyl (C=O) groups is 1. The van der Waals surface area contributed by atoms with Crippen molar-refractivity contribution in [1.29, 1.82) is 0 Å². The first kappa shape index (κ1) is 18.8. The highest BCUT2D eigenvalue weighted by Gasteiger charge is 2.38. The van der Waals surface area contributed by atoms with Crippen LogP contribution in [0.5, 0.6) is 5.75 Å². The van der Waals surface area contributed by atoms with Gasteiger partial charge in [-0.2, -0.15) is 0 Å². The first-order chi connectivity index (χ1) is 13.5. The van der Waals surface area contributed by atoms with Crippen LogP contribution in [0.4, 0.5) is 5.69 Å². The molecule has 0 saturated carbocycles. The van der Waals surface area contributed by atoms with Crippen LogP contribution in [0.3, 0.4) is 0 Å². The van der Waals surface area contributed by atoms with Crippen LogP contribution in [0.25, 0.3) is 0 Å². The number of nitrogens with zero attached hydrogens (tertiary/aromatic N) is 2. The lowest BCUT2D eigenvalue weighted by molar-refractivity contribution is -0.139. The minimum Gasteiger partial charge on any atom is -0.476 e. The minimum atomic E-state index is -3.66. The van der Waals surface area contributed by atoms with Crippen molar-refractivity contribution >= 4 is 21.6 Å². The highest BCUT2D eigenvalue weighted by atomic mass is 32.2. The second-order valence-electron chi connectivity index (χ2n) is 7.23. The van der Waals surface area contributed by atoms with Crippen LogP contribution in [-0.2, 0) is 20.6 Å². The molecule has 4 rings (SSSR count). The molecule has 2 aliphatic rings. The Bertz CT molecular complexity index is 940. The lowest BCUT2D eigenvalue weighted by Crippen LogP contribution is -2.52. The Balaban J connectivity index is 1.62. The molecule has 0 spiro atoms. The molecule has 28 heavy (non-hydrogen) atoms. The molecule has 1 fully saturated rings. The Morgan fingerprint density at radius 1 is 0.964 bits per heavy atom. The van der Waals surface area contributed by atoms with Crippen LogP contribution in [0, 0.1) is 0 Å². The topological polar surface area (TPSA) is 66.9 Å². The number of sulfonamides is 1. The van der Waals surface area contributed by atoms with Crippen molar-refractivity contribution in [2.75, 3.05) is 23.9 Å². The molecular weight excluding hydrogens is 376 g/mol. The van der Waals surface area contributed by atoms with Gasteiger partial charge in [0.2, 0.25) is 10.0 Å². The lowest BCUT2D eigenvalue weighted by atomic mass is 10.1. The molecule has 7 heteroatoms. The number of anilines is 1. The first-order valence-electron chi connectivity index (χ1n) is 9.63. The zero-order chi connectivity index (χ0) is 19.6. The van der Waals surface area contributed by atoms with E-state index in [-0.39, 0.29) is 18.2 Å². The Morgan fingerprint density at radius 3 is 2.39 bits per heavy atom. The standard InChI is InChI=1S/C21H24N2O4S/c24-21(22-13-7-2-8-14-22)20-15-23(18-11-5-6-12-19(18)27-20)28(25,26)16-17-9-3-1-4-10-17/h1,3-6,9-12,20H,2,7-8,13-16H2. The van der Waals surface area contributed by atoms with Gasteiger partial charge in [-0.3, -0.25) is 9.10 Å². The second kappa shape index (κ2) is 7.83. The maximum atomic E-state index is 13.2. The predicted octanol–water partition coefficient (Wildman–Crippen LogP) is 2.80. The van der Waals surface area contributed by atoms with Gasteiger partial charge in [0.1, 0.15) is 5.75 Å². The third-order valence-electron chi connectivity index (χ3n) is 5.21. The van der Waals surface area contributed by atoms with Gasteiger partial charge in [-0.05, 0) is 37.0 Å². The third kappa shape index (κ3) is 3.85. The van der Waals surface area contributed by atoms with Crippen LogP contribution in [0.15, 0.2) is 54.6 Å². The highest BCUT2D eigenvalue weighted by molar-refractivity contribution is 7.92. The van der Waals surface area contributed by atoms with E-state index in [9.17, 15) is 13.2 Å². The molecule has 1 amide bonds. The molecule has 0 radical (unpaired) electrons. The summed E-state index contributed by atoms with van der Waals surface area (Å²) in [5.41, 5.74) is 1.20. The van der Waals surface area contributed by atoms with Crippen LogP contribution in [0.1, 0.15) is 24.8 Å². The zero-order valence-corrected chi connectivity index (χ0v) is 16.5. The van der Waals surface area contributed by atoms with E-state index in [2.05, 4.69) is 0 Å². The van der Waals surface area contributed by atoms with E-state index in [0.29, 0.717) is 30.1 Å². The summed E-state index contributed by atoms with van der Waals surface area (Å²) in [5, 5.41) is 0. The summed E-state index contributed by atoms with van der Waals surface area (Å²) in [6.45, 7) is 1.41. The van der Waals surface area contributed by atoms with Crippen LogP contribution in [0.2, 0.25) is 0 Å². The van der Waals surface area contributed by atoms with Crippen molar-refractivity contribution in [3.63, 3.8) is 0 Å². The number of carbonyl (C=O) groups excluding carboxylic acids is 1. The van der Waals surface area contributed by atoms with Crippen molar-refractivity contribution in [2.45, 2.75) is 31.1 Å². The fraction of sp³-hybridized carbons (Fsp3) is 0.381. The van der Waals surface area contributed by atoms with Gasteiger partial charge in [-0.15, -0.1) is 0 Å². The van der Waals surface area contributed by atoms with E-state index in [0.717, 1.165) is 19.3 Å². The van der Waals surface area contributed by atoms with Crippen LogP contribution >= 0.6 is 0 Å². The molecular formula is C21H24N2O4S. The van der Waals surface area contributed by atoms with E-state index >= 15 is 0 Å². The molecule has 148 valence electrons. The third-order valence-corrected chi connectivity index (χ3v) is 6.92. The number of piperidine rings is 1. The fourth-order valence-corrected chi connectivity index (χ4v) is 5.36. The zero-order valence-electron chi connectivity index (χ0n) is 15.7. The van der Waals surface area contributed by atoms with Crippen LogP contribution in [-0.4, -0.2) is 45.0 Å². The summed E-state index contributed by atoms with van der Waals surface area (Å²) in [5.74, 6) is 0.183. The van der Waals surface area contributed by atoms with Gasteiger partial charge in [-0.25, -0.2) is 8.42 Å². The Hall–Kier alpha value is -2.54. The molecule has 2 heterocycles. The van der Waals surface area contributed by atoms with E-state index in [4.69, 9.17) is 4.74 Å². The average Bonchev–Trinajstić information content (AvgIpc) is 2.73. The fourth-order valence-electron chi connectivity index (χ4n) is 3.77. The molecule has 1 atom stereocenters. The molecule has 2 aromatic carbocycles. The normalized spacial score (nSPS) is 19.6. The summed E-state index contributed by atoms with van der Waals surface area (Å²) >= 11 is 0. The smallest absolute Gasteiger partial charge is 0.265 e. The molecule has 6 nitrogen and oxygen atoms in total. The number of amides is 1. The summed E-state index contributed by atoms with van der Waals surface area (Å²) in [6.07, 6.45) is 2.25. The van der Waals surface area contributed by atoms with Gasteiger partial charge >= 0.3 is 0 Å². The van der Waals surface area contributed by atoms with Gasteiger partial charge in [0.15, 0.2) is 6.10 Å². The number of benzene rings is 2. The van der Waals surface area contributed by atoms with E-state index in [1.807, 2.05) is 18.2 Å². The number of ether oxygens (including phenoxy) is 1. The summed E-state index contributed by atoms with van der Waals surface area (Å²) < 4.78 is 33.7. The number of rotatable bonds is 4. The predicted molar refractivity (Wildman–Crippen MR) is 108 cm³/mol. The Kier molecular flexibility index (Phi) is 5.26. The molecule has 0 bridgehead atoms. The lowest BCUT2D eigenvalue weighted by Gasteiger charge is -2.37. The number of likely N-dealkylation sites (tertiary alicyclic amines) is 1. The van der Waals surface area contributed by atoms with Gasteiger partial charge in [-0.1, -0.05) is 42.5 Å². The molecule has 0 aromatic heterocycles. The van der Waals surface area contributed by atoms with Gasteiger partial charge in [0, 0.05) is 13.1 Å². The largest absolute Gasteiger partial charge is 0.476 e. The number of para-hydroxylation sites is 2. The maximum Gasteiger partial charge on any atom is 0.265 e. The van der Waals surface area contributed by atoms with Gasteiger partial charge in [0.05, 0.1) is 18.0 Å². The van der Waals surface area contributed by atoms with Crippen LogP contribution < -0.4 is 9.04 Å². The highest BCUT2D eigenvalue weighted by Crippen LogP contribution is 2.36. The molecule has 2 aliphatic heterocycles. The second-order valence-corrected chi connectivity index (χ2v) is 9.13. The number of hydrogen-bond donors (Lipinski definition) is 0. The van der Waals surface area contributed by atoms with Gasteiger partial charge in [0.25, 0.3) is 5.91 Å². The Labute approximate surface area is 165 Å². The molecule has 1 saturated heterocycles. The Morgan fingerprint density at radius 2 is 1.64 bits per heavy atom. The molecule has 0 aliphatic carbocycles. The number of fused-ring (bicyclic) bond motifs is 1. The van der Waals surface area contributed by atoms with E-state index in [1.54, 1.807) is 41.3 Å². The van der Waals surface area contributed by atoms with E-state index < -0.39 is 16.1 Å². The molecule has 1 unspecified atom stereocenters. The minimum absolute atomic E-state index is 0.00150.